The van der Waals surface area contributed by atoms with Crippen molar-refractivity contribution in [1.29, 1.82) is 0 Å². The zero-order valence-electron chi connectivity index (χ0n) is 9.45. The molecular weight excluding hydrogens is 188 g/mol. The molecule has 2 nitrogen and oxygen atoms in total. The molecule has 0 saturated carbocycles. The average Bonchev–Trinajstić information content (AvgIpc) is 2.20. The van der Waals surface area contributed by atoms with Gasteiger partial charge in [0.25, 0.3) is 0 Å². The first-order valence-corrected chi connectivity index (χ1v) is 5.60. The molecule has 0 N–H and O–H groups in total. The molecule has 0 aromatic heterocycles. The standard InChI is InChI=1S/C13H18O2/c1-3-4-10(2)5-6-11-9-12(14)7-8-13(11)15/h7-10H,3-6H2,1-2H3. The van der Waals surface area contributed by atoms with Crippen LogP contribution in [0.4, 0.5) is 0 Å². The van der Waals surface area contributed by atoms with Gasteiger partial charge in [-0.05, 0) is 37.0 Å². The second-order valence-electron chi connectivity index (χ2n) is 4.20. The molecule has 0 fully saturated rings. The Morgan fingerprint density at radius 3 is 2.60 bits per heavy atom. The van der Waals surface area contributed by atoms with Crippen molar-refractivity contribution in [2.24, 2.45) is 5.92 Å². The van der Waals surface area contributed by atoms with Crippen LogP contribution in [0.2, 0.25) is 0 Å². The minimum absolute atomic E-state index is 0.00158. The molecule has 0 aliphatic heterocycles. The highest BCUT2D eigenvalue weighted by Crippen LogP contribution is 2.18. The molecule has 2 heteroatoms. The van der Waals surface area contributed by atoms with Crippen molar-refractivity contribution in [3.8, 4) is 0 Å². The van der Waals surface area contributed by atoms with Crippen molar-refractivity contribution in [3.63, 3.8) is 0 Å². The molecule has 1 unspecified atom stereocenters. The Hall–Kier alpha value is -1.18. The third-order valence-electron chi connectivity index (χ3n) is 2.72. The molecule has 0 saturated heterocycles. The number of allylic oxidation sites excluding steroid dienone is 4. The van der Waals surface area contributed by atoms with Crippen molar-refractivity contribution in [1.82, 2.24) is 0 Å². The van der Waals surface area contributed by atoms with Gasteiger partial charge in [-0.1, -0.05) is 26.7 Å². The second-order valence-corrected chi connectivity index (χ2v) is 4.20. The van der Waals surface area contributed by atoms with E-state index in [4.69, 9.17) is 0 Å². The quantitative estimate of drug-likeness (QED) is 0.648. The molecule has 1 aliphatic carbocycles. The first kappa shape index (κ1) is 11.9. The van der Waals surface area contributed by atoms with Gasteiger partial charge in [-0.3, -0.25) is 9.59 Å². The molecule has 0 aromatic carbocycles. The van der Waals surface area contributed by atoms with Gasteiger partial charge in [0.05, 0.1) is 0 Å². The van der Waals surface area contributed by atoms with E-state index >= 15 is 0 Å². The molecule has 0 aromatic rings. The number of hydrogen-bond donors (Lipinski definition) is 0. The molecule has 1 aliphatic rings. The van der Waals surface area contributed by atoms with Gasteiger partial charge in [0.2, 0.25) is 0 Å². The highest BCUT2D eigenvalue weighted by Gasteiger charge is 2.13. The maximum atomic E-state index is 11.4. The largest absolute Gasteiger partial charge is 0.290 e. The van der Waals surface area contributed by atoms with Crippen LogP contribution >= 0.6 is 0 Å². The Labute approximate surface area is 91.1 Å². The van der Waals surface area contributed by atoms with Crippen LogP contribution in [0.3, 0.4) is 0 Å². The summed E-state index contributed by atoms with van der Waals surface area (Å²) in [6.07, 6.45) is 8.27. The van der Waals surface area contributed by atoms with Crippen LogP contribution in [0.5, 0.6) is 0 Å². The number of carbonyl (C=O) groups is 2. The Kier molecular flexibility index (Phi) is 4.47. The predicted molar refractivity (Wildman–Crippen MR) is 60.5 cm³/mol. The summed E-state index contributed by atoms with van der Waals surface area (Å²) in [6.45, 7) is 4.35. The van der Waals surface area contributed by atoms with Crippen molar-refractivity contribution in [3.05, 3.63) is 23.8 Å². The number of carbonyl (C=O) groups excluding carboxylic acids is 2. The van der Waals surface area contributed by atoms with Crippen LogP contribution in [0.1, 0.15) is 39.5 Å². The van der Waals surface area contributed by atoms with Crippen LogP contribution in [0.15, 0.2) is 23.8 Å². The third kappa shape index (κ3) is 3.82. The van der Waals surface area contributed by atoms with Gasteiger partial charge in [0, 0.05) is 5.57 Å². The lowest BCUT2D eigenvalue weighted by molar-refractivity contribution is -0.114. The van der Waals surface area contributed by atoms with Gasteiger partial charge in [0.15, 0.2) is 11.6 Å². The number of rotatable bonds is 5. The molecule has 0 spiro atoms. The molecule has 0 bridgehead atoms. The SMILES string of the molecule is CCCC(C)CCC1=CC(=O)C=CC1=O. The van der Waals surface area contributed by atoms with Crippen LogP contribution in [0.25, 0.3) is 0 Å². The zero-order chi connectivity index (χ0) is 11.3. The highest BCUT2D eigenvalue weighted by atomic mass is 16.1. The summed E-state index contributed by atoms with van der Waals surface area (Å²) in [6, 6.07) is 0. The Morgan fingerprint density at radius 1 is 1.20 bits per heavy atom. The lowest BCUT2D eigenvalue weighted by atomic mass is 9.93. The van der Waals surface area contributed by atoms with E-state index in [2.05, 4.69) is 13.8 Å². The Bertz CT molecular complexity index is 310. The first-order chi connectivity index (χ1) is 7.13. The number of ketones is 2. The van der Waals surface area contributed by atoms with E-state index < -0.39 is 0 Å². The van der Waals surface area contributed by atoms with E-state index in [9.17, 15) is 9.59 Å². The fourth-order valence-electron chi connectivity index (χ4n) is 1.79. The first-order valence-electron chi connectivity index (χ1n) is 5.60. The summed E-state index contributed by atoms with van der Waals surface area (Å²) in [5, 5.41) is 0. The van der Waals surface area contributed by atoms with Crippen molar-refractivity contribution in [2.45, 2.75) is 39.5 Å². The van der Waals surface area contributed by atoms with Gasteiger partial charge in [-0.25, -0.2) is 0 Å². The van der Waals surface area contributed by atoms with Crippen LogP contribution in [-0.4, -0.2) is 11.6 Å². The summed E-state index contributed by atoms with van der Waals surface area (Å²) < 4.78 is 0. The van der Waals surface area contributed by atoms with E-state index in [0.29, 0.717) is 11.5 Å². The fourth-order valence-corrected chi connectivity index (χ4v) is 1.79. The van der Waals surface area contributed by atoms with E-state index in [1.165, 1.54) is 31.1 Å². The minimum atomic E-state index is -0.0623. The lowest BCUT2D eigenvalue weighted by Gasteiger charge is -2.11. The van der Waals surface area contributed by atoms with Gasteiger partial charge in [-0.2, -0.15) is 0 Å². The summed E-state index contributed by atoms with van der Waals surface area (Å²) in [5.41, 5.74) is 0.672. The van der Waals surface area contributed by atoms with E-state index in [-0.39, 0.29) is 11.6 Å². The third-order valence-corrected chi connectivity index (χ3v) is 2.72. The van der Waals surface area contributed by atoms with Gasteiger partial charge in [-0.15, -0.1) is 0 Å². The lowest BCUT2D eigenvalue weighted by Crippen LogP contribution is -2.08. The maximum absolute atomic E-state index is 11.4. The molecule has 1 rings (SSSR count). The average molecular weight is 206 g/mol. The smallest absolute Gasteiger partial charge is 0.182 e. The maximum Gasteiger partial charge on any atom is 0.182 e. The van der Waals surface area contributed by atoms with Crippen molar-refractivity contribution < 1.29 is 9.59 Å². The molecule has 1 atom stereocenters. The zero-order valence-corrected chi connectivity index (χ0v) is 9.45. The highest BCUT2D eigenvalue weighted by molar-refractivity contribution is 6.17. The van der Waals surface area contributed by atoms with Crippen LogP contribution in [-0.2, 0) is 9.59 Å². The summed E-state index contributed by atoms with van der Waals surface area (Å²) in [4.78, 5) is 22.5. The van der Waals surface area contributed by atoms with E-state index in [0.717, 1.165) is 12.8 Å². The van der Waals surface area contributed by atoms with Gasteiger partial charge >= 0.3 is 0 Å². The number of hydrogen-bond acceptors (Lipinski definition) is 2. The predicted octanol–water partition coefficient (Wildman–Crippen LogP) is 2.84. The fraction of sp³-hybridized carbons (Fsp3) is 0.538. The topological polar surface area (TPSA) is 34.1 Å². The van der Waals surface area contributed by atoms with E-state index in [1.54, 1.807) is 0 Å². The minimum Gasteiger partial charge on any atom is -0.290 e. The van der Waals surface area contributed by atoms with Crippen LogP contribution < -0.4 is 0 Å². The Balaban J connectivity index is 2.44. The molecule has 0 amide bonds. The molecule has 15 heavy (non-hydrogen) atoms. The van der Waals surface area contributed by atoms with Crippen LogP contribution in [0, 0.1) is 5.92 Å². The van der Waals surface area contributed by atoms with Crippen molar-refractivity contribution >= 4 is 11.6 Å². The summed E-state index contributed by atoms with van der Waals surface area (Å²) in [5.74, 6) is 0.566. The normalized spacial score (nSPS) is 17.9. The van der Waals surface area contributed by atoms with Gasteiger partial charge in [0.1, 0.15) is 0 Å². The molecule has 82 valence electrons. The van der Waals surface area contributed by atoms with E-state index in [1.807, 2.05) is 0 Å². The Morgan fingerprint density at radius 2 is 1.93 bits per heavy atom. The summed E-state index contributed by atoms with van der Waals surface area (Å²) in [7, 11) is 0. The molecule has 0 heterocycles. The summed E-state index contributed by atoms with van der Waals surface area (Å²) >= 11 is 0. The second kappa shape index (κ2) is 5.64. The van der Waals surface area contributed by atoms with Crippen molar-refractivity contribution in [2.75, 3.05) is 0 Å². The monoisotopic (exact) mass is 206 g/mol. The van der Waals surface area contributed by atoms with Gasteiger partial charge < -0.3 is 0 Å². The molecular formula is C13H18O2. The molecule has 0 radical (unpaired) electrons.